The first kappa shape index (κ1) is 29.9. The van der Waals surface area contributed by atoms with Crippen LogP contribution in [0.5, 0.6) is 0 Å². The number of carbonyl (C=O) groups is 1. The molecule has 9 nitrogen and oxygen atoms in total. The molecule has 0 saturated heterocycles. The molecule has 0 radical (unpaired) electrons. The van der Waals surface area contributed by atoms with Crippen molar-refractivity contribution in [1.82, 2.24) is 0 Å². The molecular formula is C24H42O9. The van der Waals surface area contributed by atoms with Crippen molar-refractivity contribution in [2.75, 3.05) is 106 Å². The molecule has 0 amide bonds. The van der Waals surface area contributed by atoms with Gasteiger partial charge in [0.1, 0.15) is 12.4 Å². The number of ketones is 1. The number of Topliss-reactive ketones (excluding diaryl/α,β-unsaturated/α-hetero) is 1. The van der Waals surface area contributed by atoms with Crippen LogP contribution in [-0.2, 0) is 42.7 Å². The lowest BCUT2D eigenvalue weighted by atomic mass is 9.81. The van der Waals surface area contributed by atoms with E-state index in [2.05, 4.69) is 5.92 Å². The largest absolute Gasteiger partial charge is 0.379 e. The van der Waals surface area contributed by atoms with Crippen LogP contribution in [0.2, 0.25) is 0 Å². The zero-order chi connectivity index (χ0) is 23.7. The second-order valence-electron chi connectivity index (χ2n) is 7.39. The van der Waals surface area contributed by atoms with Gasteiger partial charge in [-0.1, -0.05) is 12.3 Å². The Morgan fingerprint density at radius 1 is 0.576 bits per heavy atom. The van der Waals surface area contributed by atoms with Crippen LogP contribution in [0.3, 0.4) is 0 Å². The SMILES string of the molecule is C#CCOCCOCCOCCOCCOCCOCCOCCOCCC(=O)C1CCC1. The Balaban J connectivity index is 1.62. The normalized spacial score (nSPS) is 13.7. The predicted octanol–water partition coefficient (Wildman–Crippen LogP) is 1.51. The third-order valence-electron chi connectivity index (χ3n) is 4.84. The molecule has 1 fully saturated rings. The Morgan fingerprint density at radius 3 is 1.21 bits per heavy atom. The molecule has 9 heteroatoms. The Kier molecular flexibility index (Phi) is 21.8. The number of rotatable bonds is 26. The van der Waals surface area contributed by atoms with E-state index in [9.17, 15) is 4.79 Å². The zero-order valence-corrected chi connectivity index (χ0v) is 20.0. The lowest BCUT2D eigenvalue weighted by Gasteiger charge is -2.23. The molecule has 0 aliphatic heterocycles. The van der Waals surface area contributed by atoms with E-state index in [-0.39, 0.29) is 0 Å². The minimum absolute atomic E-state index is 0.297. The number of hydrogen-bond acceptors (Lipinski definition) is 9. The molecule has 1 rings (SSSR count). The van der Waals surface area contributed by atoms with Gasteiger partial charge in [-0.15, -0.1) is 6.42 Å². The Labute approximate surface area is 198 Å². The third kappa shape index (κ3) is 20.0. The number of ether oxygens (including phenoxy) is 8. The van der Waals surface area contributed by atoms with E-state index in [0.717, 1.165) is 12.8 Å². The second-order valence-corrected chi connectivity index (χ2v) is 7.39. The highest BCUT2D eigenvalue weighted by Gasteiger charge is 2.24. The summed E-state index contributed by atoms with van der Waals surface area (Å²) in [4.78, 5) is 11.7. The number of hydrogen-bond donors (Lipinski definition) is 0. The van der Waals surface area contributed by atoms with Crippen molar-refractivity contribution in [1.29, 1.82) is 0 Å². The van der Waals surface area contributed by atoms with Gasteiger partial charge in [0.25, 0.3) is 0 Å². The average Bonchev–Trinajstić information content (AvgIpc) is 2.78. The number of terminal acetylenes is 1. The highest BCUT2D eigenvalue weighted by molar-refractivity contribution is 5.81. The summed E-state index contributed by atoms with van der Waals surface area (Å²) in [6.07, 6.45) is 8.88. The van der Waals surface area contributed by atoms with Crippen molar-refractivity contribution in [3.63, 3.8) is 0 Å². The smallest absolute Gasteiger partial charge is 0.138 e. The van der Waals surface area contributed by atoms with E-state index in [0.29, 0.717) is 124 Å². The maximum absolute atomic E-state index is 11.7. The van der Waals surface area contributed by atoms with E-state index in [1.807, 2.05) is 0 Å². The molecule has 33 heavy (non-hydrogen) atoms. The van der Waals surface area contributed by atoms with Crippen LogP contribution in [0.1, 0.15) is 25.7 Å². The fourth-order valence-corrected chi connectivity index (χ4v) is 2.78. The lowest BCUT2D eigenvalue weighted by Crippen LogP contribution is -2.23. The highest BCUT2D eigenvalue weighted by Crippen LogP contribution is 2.27. The van der Waals surface area contributed by atoms with Crippen LogP contribution in [0.4, 0.5) is 0 Å². The summed E-state index contributed by atoms with van der Waals surface area (Å²) in [6.45, 7) is 7.97. The molecule has 1 aliphatic rings. The topological polar surface area (TPSA) is 90.9 Å². The van der Waals surface area contributed by atoms with E-state index in [4.69, 9.17) is 44.3 Å². The third-order valence-corrected chi connectivity index (χ3v) is 4.84. The van der Waals surface area contributed by atoms with Crippen molar-refractivity contribution in [3.8, 4) is 12.3 Å². The summed E-state index contributed by atoms with van der Waals surface area (Å²) in [5.41, 5.74) is 0. The van der Waals surface area contributed by atoms with Gasteiger partial charge in [-0.05, 0) is 12.8 Å². The van der Waals surface area contributed by atoms with Crippen molar-refractivity contribution < 1.29 is 42.7 Å². The molecule has 0 unspecified atom stereocenters. The summed E-state index contributed by atoms with van der Waals surface area (Å²) in [5.74, 6) is 3.03. The summed E-state index contributed by atoms with van der Waals surface area (Å²) >= 11 is 0. The molecule has 1 aliphatic carbocycles. The van der Waals surface area contributed by atoms with Gasteiger partial charge >= 0.3 is 0 Å². The average molecular weight is 475 g/mol. The fraction of sp³-hybridized carbons (Fsp3) is 0.875. The van der Waals surface area contributed by atoms with Gasteiger partial charge in [-0.3, -0.25) is 4.79 Å². The first-order valence-corrected chi connectivity index (χ1v) is 11.9. The van der Waals surface area contributed by atoms with Gasteiger partial charge in [0.05, 0.1) is 99.1 Å². The van der Waals surface area contributed by atoms with Crippen LogP contribution in [0.15, 0.2) is 0 Å². The van der Waals surface area contributed by atoms with Gasteiger partial charge in [0.15, 0.2) is 0 Å². The summed E-state index contributed by atoms with van der Waals surface area (Å²) in [7, 11) is 0. The molecule has 0 aromatic rings. The highest BCUT2D eigenvalue weighted by atomic mass is 16.6. The number of carbonyl (C=O) groups excluding carboxylic acids is 1. The molecule has 0 aromatic heterocycles. The minimum atomic E-state index is 0.297. The van der Waals surface area contributed by atoms with Crippen molar-refractivity contribution in [2.24, 2.45) is 5.92 Å². The molecule has 0 heterocycles. The molecule has 0 bridgehead atoms. The lowest BCUT2D eigenvalue weighted by molar-refractivity contribution is -0.126. The summed E-state index contributed by atoms with van der Waals surface area (Å²) < 4.78 is 42.9. The van der Waals surface area contributed by atoms with Gasteiger partial charge in [-0.25, -0.2) is 0 Å². The molecule has 0 N–H and O–H groups in total. The van der Waals surface area contributed by atoms with E-state index < -0.39 is 0 Å². The molecule has 192 valence electrons. The molecule has 0 spiro atoms. The van der Waals surface area contributed by atoms with Crippen molar-refractivity contribution >= 4 is 5.78 Å². The minimum Gasteiger partial charge on any atom is -0.379 e. The molecule has 0 atom stereocenters. The molecule has 1 saturated carbocycles. The zero-order valence-electron chi connectivity index (χ0n) is 20.0. The fourth-order valence-electron chi connectivity index (χ4n) is 2.78. The standard InChI is InChI=1S/C24H42O9/c1-2-7-26-9-11-28-13-15-30-17-19-32-21-22-33-20-18-31-16-14-29-12-10-27-8-6-24(25)23-4-3-5-23/h1,23H,3-22H2. The van der Waals surface area contributed by atoms with E-state index in [1.54, 1.807) is 0 Å². The Morgan fingerprint density at radius 2 is 0.909 bits per heavy atom. The Bertz CT molecular complexity index is 477. The van der Waals surface area contributed by atoms with Crippen molar-refractivity contribution in [3.05, 3.63) is 0 Å². The van der Waals surface area contributed by atoms with Gasteiger partial charge < -0.3 is 37.9 Å². The maximum atomic E-state index is 11.7. The Hall–Kier alpha value is -1.09. The second kappa shape index (κ2) is 24.0. The first-order chi connectivity index (χ1) is 16.3. The van der Waals surface area contributed by atoms with Gasteiger partial charge in [0.2, 0.25) is 0 Å². The summed E-state index contributed by atoms with van der Waals surface area (Å²) in [5, 5.41) is 0. The summed E-state index contributed by atoms with van der Waals surface area (Å²) in [6, 6.07) is 0. The van der Waals surface area contributed by atoms with Gasteiger partial charge in [-0.2, -0.15) is 0 Å². The monoisotopic (exact) mass is 474 g/mol. The van der Waals surface area contributed by atoms with E-state index in [1.165, 1.54) is 6.42 Å². The van der Waals surface area contributed by atoms with Crippen LogP contribution in [0.25, 0.3) is 0 Å². The quantitative estimate of drug-likeness (QED) is 0.137. The maximum Gasteiger partial charge on any atom is 0.138 e. The van der Waals surface area contributed by atoms with E-state index >= 15 is 0 Å². The van der Waals surface area contributed by atoms with Crippen LogP contribution >= 0.6 is 0 Å². The van der Waals surface area contributed by atoms with Crippen LogP contribution < -0.4 is 0 Å². The molecular weight excluding hydrogens is 432 g/mol. The van der Waals surface area contributed by atoms with Crippen molar-refractivity contribution in [2.45, 2.75) is 25.7 Å². The molecule has 0 aromatic carbocycles. The van der Waals surface area contributed by atoms with Crippen LogP contribution in [-0.4, -0.2) is 111 Å². The predicted molar refractivity (Wildman–Crippen MR) is 122 cm³/mol. The first-order valence-electron chi connectivity index (χ1n) is 11.9. The van der Waals surface area contributed by atoms with Crippen LogP contribution in [0, 0.1) is 18.3 Å². The van der Waals surface area contributed by atoms with Gasteiger partial charge in [0, 0.05) is 12.3 Å².